The van der Waals surface area contributed by atoms with E-state index >= 15 is 0 Å². The van der Waals surface area contributed by atoms with Crippen molar-refractivity contribution in [1.82, 2.24) is 4.57 Å². The molecule has 0 amide bonds. The molecule has 2 rings (SSSR count). The Morgan fingerprint density at radius 3 is 2.60 bits per heavy atom. The quantitative estimate of drug-likeness (QED) is 0.814. The summed E-state index contributed by atoms with van der Waals surface area (Å²) in [7, 11) is 1.54. The van der Waals surface area contributed by atoms with Crippen molar-refractivity contribution in [2.75, 3.05) is 7.11 Å². The topological polar surface area (TPSA) is 48.3 Å². The predicted octanol–water partition coefficient (Wildman–Crippen LogP) is 3.01. The molecule has 0 unspecified atom stereocenters. The van der Waals surface area contributed by atoms with Gasteiger partial charge in [0.25, 0.3) is 5.56 Å². The Bertz CT molecular complexity index is 707. The Balaban J connectivity index is 2.64. The molecule has 104 valence electrons. The second-order valence-electron chi connectivity index (χ2n) is 4.19. The van der Waals surface area contributed by atoms with Gasteiger partial charge in [-0.3, -0.25) is 9.59 Å². The number of rotatable bonds is 4. The van der Waals surface area contributed by atoms with Crippen LogP contribution in [0.4, 0.5) is 0 Å². The van der Waals surface area contributed by atoms with Crippen molar-refractivity contribution < 1.29 is 9.53 Å². The molecule has 0 aliphatic heterocycles. The number of halogens is 1. The summed E-state index contributed by atoms with van der Waals surface area (Å²) in [5.74, 6) is 0.574. The molecule has 0 fully saturated rings. The van der Waals surface area contributed by atoms with Gasteiger partial charge in [0.1, 0.15) is 5.75 Å². The monoisotopic (exact) mass is 291 g/mol. The molecule has 1 aromatic heterocycles. The molecular formula is C15H14ClNO3. The van der Waals surface area contributed by atoms with Gasteiger partial charge >= 0.3 is 0 Å². The van der Waals surface area contributed by atoms with E-state index in [4.69, 9.17) is 16.3 Å². The predicted molar refractivity (Wildman–Crippen MR) is 78.8 cm³/mol. The van der Waals surface area contributed by atoms with Crippen molar-refractivity contribution in [3.8, 4) is 17.0 Å². The van der Waals surface area contributed by atoms with E-state index in [0.29, 0.717) is 29.3 Å². The van der Waals surface area contributed by atoms with Crippen molar-refractivity contribution in [3.63, 3.8) is 0 Å². The maximum atomic E-state index is 12.1. The average molecular weight is 292 g/mol. The Morgan fingerprint density at radius 1 is 1.30 bits per heavy atom. The first-order chi connectivity index (χ1) is 9.62. The molecule has 0 aliphatic carbocycles. The number of carbonyl (C=O) groups excluding carboxylic acids is 1. The minimum absolute atomic E-state index is 0.148. The van der Waals surface area contributed by atoms with Gasteiger partial charge in [-0.05, 0) is 42.8 Å². The van der Waals surface area contributed by atoms with Crippen LogP contribution in [0.3, 0.4) is 0 Å². The standard InChI is InChI=1S/C15H14ClNO3/c1-3-17-13(6-4-11(9-18)15(17)19)10-5-7-14(20-2)12(16)8-10/h4-9H,3H2,1-2H3. The first-order valence-corrected chi connectivity index (χ1v) is 6.53. The molecule has 0 atom stereocenters. The largest absolute Gasteiger partial charge is 0.495 e. The van der Waals surface area contributed by atoms with Crippen LogP contribution in [0.25, 0.3) is 11.3 Å². The molecule has 2 aromatic rings. The van der Waals surface area contributed by atoms with Crippen LogP contribution in [0.2, 0.25) is 5.02 Å². The molecule has 5 heteroatoms. The van der Waals surface area contributed by atoms with E-state index in [1.54, 1.807) is 29.9 Å². The number of methoxy groups -OCH3 is 1. The molecule has 20 heavy (non-hydrogen) atoms. The van der Waals surface area contributed by atoms with Gasteiger partial charge in [0.15, 0.2) is 6.29 Å². The number of ether oxygens (including phenoxy) is 1. The number of aromatic nitrogens is 1. The fourth-order valence-electron chi connectivity index (χ4n) is 2.08. The summed E-state index contributed by atoms with van der Waals surface area (Å²) in [5.41, 5.74) is 1.36. The third-order valence-electron chi connectivity index (χ3n) is 3.09. The summed E-state index contributed by atoms with van der Waals surface area (Å²) in [4.78, 5) is 22.9. The molecule has 0 aliphatic rings. The second kappa shape index (κ2) is 5.92. The normalized spacial score (nSPS) is 10.3. The zero-order valence-corrected chi connectivity index (χ0v) is 12.0. The van der Waals surface area contributed by atoms with Gasteiger partial charge in [-0.25, -0.2) is 0 Å². The lowest BCUT2D eigenvalue weighted by atomic mass is 10.1. The lowest BCUT2D eigenvalue weighted by Gasteiger charge is -2.13. The zero-order valence-electron chi connectivity index (χ0n) is 11.2. The smallest absolute Gasteiger partial charge is 0.261 e. The van der Waals surface area contributed by atoms with Gasteiger partial charge in [0.05, 0.1) is 23.4 Å². The number of benzene rings is 1. The molecule has 1 heterocycles. The lowest BCUT2D eigenvalue weighted by Crippen LogP contribution is -2.24. The number of pyridine rings is 1. The van der Waals surface area contributed by atoms with Crippen LogP contribution >= 0.6 is 11.6 Å². The van der Waals surface area contributed by atoms with E-state index in [-0.39, 0.29) is 11.1 Å². The summed E-state index contributed by atoms with van der Waals surface area (Å²) < 4.78 is 6.65. The average Bonchev–Trinajstić information content (AvgIpc) is 2.46. The first-order valence-electron chi connectivity index (χ1n) is 6.15. The highest BCUT2D eigenvalue weighted by Gasteiger charge is 2.10. The summed E-state index contributed by atoms with van der Waals surface area (Å²) in [6.45, 7) is 2.32. The van der Waals surface area contributed by atoms with E-state index in [9.17, 15) is 9.59 Å². The fraction of sp³-hybridized carbons (Fsp3) is 0.200. The highest BCUT2D eigenvalue weighted by atomic mass is 35.5. The number of hydrogen-bond donors (Lipinski definition) is 0. The highest BCUT2D eigenvalue weighted by molar-refractivity contribution is 6.32. The number of carbonyl (C=O) groups is 1. The van der Waals surface area contributed by atoms with Crippen molar-refractivity contribution in [2.24, 2.45) is 0 Å². The van der Waals surface area contributed by atoms with Crippen molar-refractivity contribution in [3.05, 3.63) is 51.3 Å². The van der Waals surface area contributed by atoms with E-state index in [1.807, 2.05) is 13.0 Å². The first kappa shape index (κ1) is 14.3. The molecule has 0 radical (unpaired) electrons. The molecule has 0 spiro atoms. The van der Waals surface area contributed by atoms with Crippen molar-refractivity contribution in [2.45, 2.75) is 13.5 Å². The third-order valence-corrected chi connectivity index (χ3v) is 3.39. The minimum Gasteiger partial charge on any atom is -0.495 e. The summed E-state index contributed by atoms with van der Waals surface area (Å²) in [6, 6.07) is 8.58. The molecule has 0 N–H and O–H groups in total. The van der Waals surface area contributed by atoms with Crippen molar-refractivity contribution in [1.29, 1.82) is 0 Å². The molecular weight excluding hydrogens is 278 g/mol. The molecule has 0 saturated heterocycles. The third kappa shape index (κ3) is 2.47. The molecule has 0 bridgehead atoms. The minimum atomic E-state index is -0.299. The van der Waals surface area contributed by atoms with Gasteiger partial charge < -0.3 is 9.30 Å². The SMILES string of the molecule is CCn1c(-c2ccc(OC)c(Cl)c2)ccc(C=O)c1=O. The Kier molecular flexibility index (Phi) is 4.25. The Morgan fingerprint density at radius 2 is 2.05 bits per heavy atom. The Labute approximate surface area is 121 Å². The van der Waals surface area contributed by atoms with Crippen LogP contribution < -0.4 is 10.3 Å². The lowest BCUT2D eigenvalue weighted by molar-refractivity contribution is 0.112. The maximum absolute atomic E-state index is 12.1. The van der Waals surface area contributed by atoms with Crippen LogP contribution in [-0.2, 0) is 6.54 Å². The van der Waals surface area contributed by atoms with Gasteiger partial charge in [-0.1, -0.05) is 11.6 Å². The second-order valence-corrected chi connectivity index (χ2v) is 4.60. The van der Waals surface area contributed by atoms with Gasteiger partial charge in [0, 0.05) is 6.54 Å². The van der Waals surface area contributed by atoms with Gasteiger partial charge in [-0.15, -0.1) is 0 Å². The van der Waals surface area contributed by atoms with Crippen molar-refractivity contribution >= 4 is 17.9 Å². The highest BCUT2D eigenvalue weighted by Crippen LogP contribution is 2.29. The molecule has 0 saturated carbocycles. The molecule has 4 nitrogen and oxygen atoms in total. The summed E-state index contributed by atoms with van der Waals surface area (Å²) in [5, 5.41) is 0.472. The fourth-order valence-corrected chi connectivity index (χ4v) is 2.33. The van der Waals surface area contributed by atoms with Crippen LogP contribution in [0, 0.1) is 0 Å². The summed E-state index contributed by atoms with van der Waals surface area (Å²) >= 11 is 6.10. The zero-order chi connectivity index (χ0) is 14.7. The van der Waals surface area contributed by atoms with Gasteiger partial charge in [0.2, 0.25) is 0 Å². The number of nitrogens with zero attached hydrogens (tertiary/aromatic N) is 1. The number of aldehydes is 1. The van der Waals surface area contributed by atoms with E-state index in [0.717, 1.165) is 5.56 Å². The Hall–Kier alpha value is -2.07. The number of hydrogen-bond acceptors (Lipinski definition) is 3. The summed E-state index contributed by atoms with van der Waals surface area (Å²) in [6.07, 6.45) is 0.569. The van der Waals surface area contributed by atoms with E-state index in [2.05, 4.69) is 0 Å². The van der Waals surface area contributed by atoms with Crippen LogP contribution in [0.15, 0.2) is 35.1 Å². The maximum Gasteiger partial charge on any atom is 0.261 e. The van der Waals surface area contributed by atoms with Crippen LogP contribution in [0.5, 0.6) is 5.75 Å². The van der Waals surface area contributed by atoms with Gasteiger partial charge in [-0.2, -0.15) is 0 Å². The van der Waals surface area contributed by atoms with E-state index < -0.39 is 0 Å². The van der Waals surface area contributed by atoms with E-state index in [1.165, 1.54) is 6.07 Å². The van der Waals surface area contributed by atoms with Crippen LogP contribution in [-0.4, -0.2) is 18.0 Å². The van der Waals surface area contributed by atoms with Crippen LogP contribution in [0.1, 0.15) is 17.3 Å². The molecule has 1 aromatic carbocycles.